The van der Waals surface area contributed by atoms with Crippen LogP contribution >= 0.6 is 0 Å². The Bertz CT molecular complexity index is 608. The molecular weight excluding hydrogens is 316 g/mol. The SMILES string of the molecule is COc1ccc(NC(=O)C[C@H]2C(=O)N(C3CCCCC3)C[C@@H]2C)cc1. The number of hydrogen-bond donors (Lipinski definition) is 1. The molecule has 0 bridgehead atoms. The first-order valence-electron chi connectivity index (χ1n) is 9.33. The lowest BCUT2D eigenvalue weighted by atomic mass is 9.93. The van der Waals surface area contributed by atoms with Gasteiger partial charge in [-0.15, -0.1) is 0 Å². The standard InChI is InChI=1S/C20H28N2O3/c1-14-13-22(16-6-4-3-5-7-16)20(24)18(14)12-19(23)21-15-8-10-17(25-2)11-9-15/h8-11,14,16,18H,3-7,12-13H2,1-2H3,(H,21,23)/t14-,18+/m0/s1. The summed E-state index contributed by atoms with van der Waals surface area (Å²) in [6.45, 7) is 2.88. The normalized spacial score (nSPS) is 24.4. The third kappa shape index (κ3) is 4.14. The van der Waals surface area contributed by atoms with Crippen LogP contribution in [-0.2, 0) is 9.59 Å². The van der Waals surface area contributed by atoms with E-state index in [2.05, 4.69) is 17.1 Å². The lowest BCUT2D eigenvalue weighted by Crippen LogP contribution is -2.39. The van der Waals surface area contributed by atoms with Gasteiger partial charge in [-0.05, 0) is 43.0 Å². The summed E-state index contributed by atoms with van der Waals surface area (Å²) in [6, 6.07) is 7.63. The number of anilines is 1. The van der Waals surface area contributed by atoms with Gasteiger partial charge in [0.25, 0.3) is 0 Å². The van der Waals surface area contributed by atoms with Gasteiger partial charge in [-0.3, -0.25) is 9.59 Å². The zero-order chi connectivity index (χ0) is 17.8. The number of methoxy groups -OCH3 is 1. The summed E-state index contributed by atoms with van der Waals surface area (Å²) in [7, 11) is 1.61. The number of likely N-dealkylation sites (tertiary alicyclic amines) is 1. The smallest absolute Gasteiger partial charge is 0.226 e. The zero-order valence-corrected chi connectivity index (χ0v) is 15.2. The number of amides is 2. The van der Waals surface area contributed by atoms with Crippen LogP contribution in [0.15, 0.2) is 24.3 Å². The van der Waals surface area contributed by atoms with Crippen molar-refractivity contribution < 1.29 is 14.3 Å². The Kier molecular flexibility index (Phi) is 5.61. The van der Waals surface area contributed by atoms with Gasteiger partial charge < -0.3 is 15.0 Å². The molecular formula is C20H28N2O3. The van der Waals surface area contributed by atoms with Crippen molar-refractivity contribution in [3.63, 3.8) is 0 Å². The van der Waals surface area contributed by atoms with Crippen molar-refractivity contribution in [3.05, 3.63) is 24.3 Å². The summed E-state index contributed by atoms with van der Waals surface area (Å²) in [5, 5.41) is 2.89. The van der Waals surface area contributed by atoms with E-state index in [1.165, 1.54) is 19.3 Å². The summed E-state index contributed by atoms with van der Waals surface area (Å²) in [6.07, 6.45) is 6.19. The van der Waals surface area contributed by atoms with Crippen molar-refractivity contribution in [1.29, 1.82) is 0 Å². The third-order valence-corrected chi connectivity index (χ3v) is 5.57. The maximum absolute atomic E-state index is 12.8. The van der Waals surface area contributed by atoms with Gasteiger partial charge in [-0.2, -0.15) is 0 Å². The quantitative estimate of drug-likeness (QED) is 0.890. The molecule has 1 aromatic rings. The van der Waals surface area contributed by atoms with Gasteiger partial charge in [0.05, 0.1) is 13.0 Å². The van der Waals surface area contributed by atoms with Gasteiger partial charge >= 0.3 is 0 Å². The number of hydrogen-bond acceptors (Lipinski definition) is 3. The van der Waals surface area contributed by atoms with Crippen LogP contribution in [0.2, 0.25) is 0 Å². The monoisotopic (exact) mass is 344 g/mol. The molecule has 0 unspecified atom stereocenters. The molecule has 1 aliphatic heterocycles. The molecule has 1 N–H and O–H groups in total. The topological polar surface area (TPSA) is 58.6 Å². The highest BCUT2D eigenvalue weighted by molar-refractivity contribution is 5.94. The van der Waals surface area contributed by atoms with Gasteiger partial charge in [0.2, 0.25) is 11.8 Å². The molecule has 0 radical (unpaired) electrons. The number of ether oxygens (including phenoxy) is 1. The van der Waals surface area contributed by atoms with E-state index in [0.29, 0.717) is 6.04 Å². The summed E-state index contributed by atoms with van der Waals surface area (Å²) in [5.74, 6) is 0.863. The maximum atomic E-state index is 12.8. The molecule has 1 saturated carbocycles. The van der Waals surface area contributed by atoms with Crippen LogP contribution < -0.4 is 10.1 Å². The highest BCUT2D eigenvalue weighted by Gasteiger charge is 2.41. The maximum Gasteiger partial charge on any atom is 0.226 e. The van der Waals surface area contributed by atoms with Crippen molar-refractivity contribution in [2.24, 2.45) is 11.8 Å². The number of benzene rings is 1. The third-order valence-electron chi connectivity index (χ3n) is 5.57. The van der Waals surface area contributed by atoms with Crippen molar-refractivity contribution >= 4 is 17.5 Å². The van der Waals surface area contributed by atoms with E-state index in [0.717, 1.165) is 30.8 Å². The largest absolute Gasteiger partial charge is 0.497 e. The number of nitrogens with zero attached hydrogens (tertiary/aromatic N) is 1. The van der Waals surface area contributed by atoms with Crippen molar-refractivity contribution in [3.8, 4) is 5.75 Å². The Morgan fingerprint density at radius 2 is 1.88 bits per heavy atom. The second-order valence-electron chi connectivity index (χ2n) is 7.35. The minimum Gasteiger partial charge on any atom is -0.497 e. The fourth-order valence-electron chi connectivity index (χ4n) is 4.08. The molecule has 2 amide bonds. The fraction of sp³-hybridized carbons (Fsp3) is 0.600. The molecule has 1 aromatic carbocycles. The van der Waals surface area contributed by atoms with Gasteiger partial charge in [-0.25, -0.2) is 0 Å². The molecule has 2 fully saturated rings. The van der Waals surface area contributed by atoms with Gasteiger partial charge in [0, 0.05) is 24.7 Å². The second-order valence-corrected chi connectivity index (χ2v) is 7.35. The molecule has 136 valence electrons. The summed E-state index contributed by atoms with van der Waals surface area (Å²) < 4.78 is 5.12. The summed E-state index contributed by atoms with van der Waals surface area (Å²) >= 11 is 0. The fourth-order valence-corrected chi connectivity index (χ4v) is 4.08. The van der Waals surface area contributed by atoms with Crippen LogP contribution in [0.3, 0.4) is 0 Å². The van der Waals surface area contributed by atoms with Crippen LogP contribution in [0.1, 0.15) is 45.4 Å². The average molecular weight is 344 g/mol. The number of carbonyl (C=O) groups excluding carboxylic acids is 2. The molecule has 1 heterocycles. The molecule has 1 aliphatic carbocycles. The van der Waals surface area contributed by atoms with Crippen molar-refractivity contribution in [2.45, 2.75) is 51.5 Å². The predicted octanol–water partition coefficient (Wildman–Crippen LogP) is 3.45. The zero-order valence-electron chi connectivity index (χ0n) is 15.2. The molecule has 0 aromatic heterocycles. The van der Waals surface area contributed by atoms with Gasteiger partial charge in [0.1, 0.15) is 5.75 Å². The van der Waals surface area contributed by atoms with Crippen LogP contribution in [-0.4, -0.2) is 36.4 Å². The van der Waals surface area contributed by atoms with E-state index in [1.54, 1.807) is 7.11 Å². The van der Waals surface area contributed by atoms with E-state index in [-0.39, 0.29) is 30.1 Å². The lowest BCUT2D eigenvalue weighted by molar-refractivity contribution is -0.135. The molecule has 5 nitrogen and oxygen atoms in total. The van der Waals surface area contributed by atoms with E-state index in [9.17, 15) is 9.59 Å². The molecule has 25 heavy (non-hydrogen) atoms. The molecule has 2 atom stereocenters. The second kappa shape index (κ2) is 7.89. The number of nitrogens with one attached hydrogen (secondary N) is 1. The van der Waals surface area contributed by atoms with Gasteiger partial charge in [-0.1, -0.05) is 26.2 Å². The van der Waals surface area contributed by atoms with E-state index in [1.807, 2.05) is 24.3 Å². The predicted molar refractivity (Wildman–Crippen MR) is 97.5 cm³/mol. The minimum absolute atomic E-state index is 0.0964. The summed E-state index contributed by atoms with van der Waals surface area (Å²) in [5.41, 5.74) is 0.730. The first kappa shape index (κ1) is 17.8. The average Bonchev–Trinajstić information content (AvgIpc) is 2.91. The van der Waals surface area contributed by atoms with E-state index in [4.69, 9.17) is 4.74 Å². The van der Waals surface area contributed by atoms with Crippen LogP contribution in [0.4, 0.5) is 5.69 Å². The highest BCUT2D eigenvalue weighted by Crippen LogP contribution is 2.33. The molecule has 1 saturated heterocycles. The van der Waals surface area contributed by atoms with Crippen LogP contribution in [0.5, 0.6) is 5.75 Å². The number of rotatable bonds is 5. The van der Waals surface area contributed by atoms with Crippen molar-refractivity contribution in [1.82, 2.24) is 4.90 Å². The van der Waals surface area contributed by atoms with Crippen LogP contribution in [0.25, 0.3) is 0 Å². The molecule has 5 heteroatoms. The van der Waals surface area contributed by atoms with Gasteiger partial charge in [0.15, 0.2) is 0 Å². The molecule has 3 rings (SSSR count). The number of carbonyl (C=O) groups is 2. The summed E-state index contributed by atoms with van der Waals surface area (Å²) in [4.78, 5) is 27.3. The molecule has 0 spiro atoms. The Balaban J connectivity index is 1.57. The lowest BCUT2D eigenvalue weighted by Gasteiger charge is -2.31. The first-order valence-corrected chi connectivity index (χ1v) is 9.33. The van der Waals surface area contributed by atoms with E-state index >= 15 is 0 Å². The molecule has 2 aliphatic rings. The van der Waals surface area contributed by atoms with Crippen LogP contribution in [0, 0.1) is 11.8 Å². The Hall–Kier alpha value is -2.04. The minimum atomic E-state index is -0.194. The Labute approximate surface area is 149 Å². The Morgan fingerprint density at radius 3 is 2.52 bits per heavy atom. The van der Waals surface area contributed by atoms with Crippen molar-refractivity contribution in [2.75, 3.05) is 19.0 Å². The first-order chi connectivity index (χ1) is 12.1. The Morgan fingerprint density at radius 1 is 1.20 bits per heavy atom. The highest BCUT2D eigenvalue weighted by atomic mass is 16.5. The van der Waals surface area contributed by atoms with E-state index < -0.39 is 0 Å².